The van der Waals surface area contributed by atoms with Gasteiger partial charge in [-0.25, -0.2) is 0 Å². The van der Waals surface area contributed by atoms with E-state index in [-0.39, 0.29) is 12.2 Å². The molecule has 0 aromatic heterocycles. The fourth-order valence-electron chi connectivity index (χ4n) is 3.02. The molecule has 1 N–H and O–H groups in total. The van der Waals surface area contributed by atoms with Crippen LogP contribution in [-0.4, -0.2) is 31.2 Å². The molecule has 0 unspecified atom stereocenters. The molecule has 3 nitrogen and oxygen atoms in total. The Morgan fingerprint density at radius 1 is 1.33 bits per heavy atom. The van der Waals surface area contributed by atoms with Crippen molar-refractivity contribution in [3.8, 4) is 0 Å². The van der Waals surface area contributed by atoms with Gasteiger partial charge >= 0.3 is 0 Å². The van der Waals surface area contributed by atoms with Crippen LogP contribution in [0.5, 0.6) is 0 Å². The predicted molar refractivity (Wildman–Crippen MR) is 73.4 cm³/mol. The lowest BCUT2D eigenvalue weighted by molar-refractivity contribution is -0.113. The van der Waals surface area contributed by atoms with E-state index in [0.717, 1.165) is 37.7 Å². The zero-order valence-corrected chi connectivity index (χ0v) is 12.1. The van der Waals surface area contributed by atoms with Gasteiger partial charge in [-0.05, 0) is 44.1 Å². The lowest BCUT2D eigenvalue weighted by atomic mass is 9.76. The highest BCUT2D eigenvalue weighted by Crippen LogP contribution is 2.39. The molecular weight excluding hydrogens is 228 g/mol. The molecule has 1 aliphatic carbocycles. The smallest absolute Gasteiger partial charge is 0.156 e. The lowest BCUT2D eigenvalue weighted by Gasteiger charge is -2.36. The van der Waals surface area contributed by atoms with Crippen LogP contribution in [0.1, 0.15) is 51.9 Å². The molecule has 0 bridgehead atoms. The van der Waals surface area contributed by atoms with Gasteiger partial charge in [0.2, 0.25) is 0 Å². The third-order valence-electron chi connectivity index (χ3n) is 4.30. The molecule has 1 fully saturated rings. The average molecular weight is 256 g/mol. The molecule has 1 rings (SSSR count). The quantitative estimate of drug-likeness (QED) is 0.450. The minimum absolute atomic E-state index is 0.164. The van der Waals surface area contributed by atoms with E-state index in [9.17, 15) is 5.11 Å². The molecule has 0 amide bonds. The molecule has 106 valence electrons. The van der Waals surface area contributed by atoms with Gasteiger partial charge in [-0.3, -0.25) is 0 Å². The summed E-state index contributed by atoms with van der Waals surface area (Å²) in [6.45, 7) is 5.94. The summed E-state index contributed by atoms with van der Waals surface area (Å²) >= 11 is 0. The van der Waals surface area contributed by atoms with Gasteiger partial charge in [0.15, 0.2) is 6.29 Å². The Bertz CT molecular complexity index is 260. The molecule has 2 atom stereocenters. The Labute approximate surface area is 111 Å². The summed E-state index contributed by atoms with van der Waals surface area (Å²) in [4.78, 5) is 0. The Balaban J connectivity index is 2.65. The van der Waals surface area contributed by atoms with Crippen LogP contribution in [0.15, 0.2) is 12.2 Å². The highest BCUT2D eigenvalue weighted by atomic mass is 16.7. The topological polar surface area (TPSA) is 38.7 Å². The van der Waals surface area contributed by atoms with Crippen LogP contribution in [0.3, 0.4) is 0 Å². The van der Waals surface area contributed by atoms with E-state index in [1.54, 1.807) is 14.2 Å². The second kappa shape index (κ2) is 7.27. The Morgan fingerprint density at radius 2 is 2.00 bits per heavy atom. The Hall–Kier alpha value is -0.380. The number of hydrogen-bond donors (Lipinski definition) is 1. The standard InChI is InChI=1S/C15H28O3/c1-12(2)15(16)11-7-5-6-8-13(15)9-10-14(17-3)18-4/h13-14,16H,1,5-11H2,2-4H3/t13-,15+/m0/s1. The van der Waals surface area contributed by atoms with Crippen molar-refractivity contribution in [3.63, 3.8) is 0 Å². The fraction of sp³-hybridized carbons (Fsp3) is 0.867. The van der Waals surface area contributed by atoms with Gasteiger partial charge in [-0.15, -0.1) is 0 Å². The summed E-state index contributed by atoms with van der Waals surface area (Å²) in [5, 5.41) is 10.9. The first kappa shape index (κ1) is 15.7. The van der Waals surface area contributed by atoms with Crippen molar-refractivity contribution in [2.75, 3.05) is 14.2 Å². The third-order valence-corrected chi connectivity index (χ3v) is 4.30. The van der Waals surface area contributed by atoms with Crippen molar-refractivity contribution in [2.45, 2.75) is 63.8 Å². The number of aliphatic hydroxyl groups is 1. The largest absolute Gasteiger partial charge is 0.385 e. The van der Waals surface area contributed by atoms with E-state index in [1.165, 1.54) is 12.8 Å². The van der Waals surface area contributed by atoms with Crippen LogP contribution in [0.4, 0.5) is 0 Å². The number of ether oxygens (including phenoxy) is 2. The maximum Gasteiger partial charge on any atom is 0.156 e. The van der Waals surface area contributed by atoms with Crippen LogP contribution in [-0.2, 0) is 9.47 Å². The lowest BCUT2D eigenvalue weighted by Crippen LogP contribution is -2.38. The van der Waals surface area contributed by atoms with Crippen LogP contribution >= 0.6 is 0 Å². The summed E-state index contributed by atoms with van der Waals surface area (Å²) in [6, 6.07) is 0. The summed E-state index contributed by atoms with van der Waals surface area (Å²) in [7, 11) is 3.32. The maximum atomic E-state index is 10.9. The normalized spacial score (nSPS) is 29.3. The minimum Gasteiger partial charge on any atom is -0.385 e. The van der Waals surface area contributed by atoms with E-state index >= 15 is 0 Å². The van der Waals surface area contributed by atoms with E-state index in [4.69, 9.17) is 9.47 Å². The fourth-order valence-corrected chi connectivity index (χ4v) is 3.02. The molecule has 18 heavy (non-hydrogen) atoms. The minimum atomic E-state index is -0.692. The number of hydrogen-bond acceptors (Lipinski definition) is 3. The van der Waals surface area contributed by atoms with Gasteiger partial charge < -0.3 is 14.6 Å². The summed E-state index contributed by atoms with van der Waals surface area (Å²) in [5.41, 5.74) is 0.212. The molecule has 0 aromatic carbocycles. The molecule has 1 saturated carbocycles. The van der Waals surface area contributed by atoms with Crippen LogP contribution in [0.25, 0.3) is 0 Å². The van der Waals surface area contributed by atoms with Crippen LogP contribution in [0, 0.1) is 5.92 Å². The highest BCUT2D eigenvalue weighted by Gasteiger charge is 2.38. The van der Waals surface area contributed by atoms with Crippen molar-refractivity contribution < 1.29 is 14.6 Å². The SMILES string of the molecule is C=C(C)[C@]1(O)CCCCC[C@H]1CCC(OC)OC. The van der Waals surface area contributed by atoms with Crippen molar-refractivity contribution in [1.29, 1.82) is 0 Å². The van der Waals surface area contributed by atoms with Crippen molar-refractivity contribution >= 4 is 0 Å². The predicted octanol–water partition coefficient (Wildman–Crippen LogP) is 3.27. The van der Waals surface area contributed by atoms with Crippen LogP contribution < -0.4 is 0 Å². The van der Waals surface area contributed by atoms with Gasteiger partial charge in [-0.1, -0.05) is 25.8 Å². The van der Waals surface area contributed by atoms with E-state index in [0.29, 0.717) is 0 Å². The molecule has 0 spiro atoms. The number of methoxy groups -OCH3 is 2. The second-order valence-electron chi connectivity index (χ2n) is 5.48. The maximum absolute atomic E-state index is 10.9. The van der Waals surface area contributed by atoms with Crippen molar-refractivity contribution in [3.05, 3.63) is 12.2 Å². The molecule has 0 aliphatic heterocycles. The first-order chi connectivity index (χ1) is 8.54. The molecule has 0 saturated heterocycles. The molecule has 1 aliphatic rings. The van der Waals surface area contributed by atoms with E-state index < -0.39 is 5.60 Å². The zero-order valence-electron chi connectivity index (χ0n) is 12.1. The van der Waals surface area contributed by atoms with Gasteiger partial charge in [0.25, 0.3) is 0 Å². The van der Waals surface area contributed by atoms with Crippen molar-refractivity contribution in [2.24, 2.45) is 5.92 Å². The van der Waals surface area contributed by atoms with Crippen molar-refractivity contribution in [1.82, 2.24) is 0 Å². The van der Waals surface area contributed by atoms with Gasteiger partial charge in [0.1, 0.15) is 0 Å². The monoisotopic (exact) mass is 256 g/mol. The summed E-state index contributed by atoms with van der Waals surface area (Å²) < 4.78 is 10.4. The average Bonchev–Trinajstić information content (AvgIpc) is 2.54. The second-order valence-corrected chi connectivity index (χ2v) is 5.48. The van der Waals surface area contributed by atoms with E-state index in [2.05, 4.69) is 6.58 Å². The Morgan fingerprint density at radius 3 is 2.56 bits per heavy atom. The molecule has 0 heterocycles. The van der Waals surface area contributed by atoms with Gasteiger partial charge in [0.05, 0.1) is 5.60 Å². The first-order valence-electron chi connectivity index (χ1n) is 6.98. The molecule has 0 radical (unpaired) electrons. The summed E-state index contributed by atoms with van der Waals surface area (Å²) in [5.74, 6) is 0.283. The molecular formula is C15H28O3. The molecule has 0 aromatic rings. The molecule has 3 heteroatoms. The number of rotatable bonds is 6. The van der Waals surface area contributed by atoms with Crippen LogP contribution in [0.2, 0.25) is 0 Å². The summed E-state index contributed by atoms with van der Waals surface area (Å²) in [6.07, 6.45) is 7.01. The van der Waals surface area contributed by atoms with Gasteiger partial charge in [0, 0.05) is 14.2 Å². The van der Waals surface area contributed by atoms with Gasteiger partial charge in [-0.2, -0.15) is 0 Å². The highest BCUT2D eigenvalue weighted by molar-refractivity contribution is 5.12. The van der Waals surface area contributed by atoms with E-state index in [1.807, 2.05) is 6.92 Å². The first-order valence-corrected chi connectivity index (χ1v) is 6.98. The zero-order chi connectivity index (χ0) is 13.6. The third kappa shape index (κ3) is 3.81. The Kier molecular flexibility index (Phi) is 6.33.